The van der Waals surface area contributed by atoms with Gasteiger partial charge in [0.1, 0.15) is 0 Å². The minimum atomic E-state index is -3.33. The van der Waals surface area contributed by atoms with E-state index in [-0.39, 0.29) is 19.0 Å². The van der Waals surface area contributed by atoms with E-state index in [1.54, 1.807) is 12.1 Å². The van der Waals surface area contributed by atoms with Crippen molar-refractivity contribution in [2.75, 3.05) is 19.3 Å². The quantitative estimate of drug-likeness (QED) is 0.839. The van der Waals surface area contributed by atoms with E-state index in [9.17, 15) is 13.2 Å². The maximum atomic E-state index is 11.9. The first-order valence-electron chi connectivity index (χ1n) is 6.77. The molecule has 2 aromatic rings. The van der Waals surface area contributed by atoms with Gasteiger partial charge in [-0.05, 0) is 17.0 Å². The van der Waals surface area contributed by atoms with Gasteiger partial charge in [-0.2, -0.15) is 4.31 Å². The molecular formula is C15H18N2O3S2. The first-order valence-corrected chi connectivity index (χ1v) is 9.50. The molecule has 5 nitrogen and oxygen atoms in total. The molecule has 0 aliphatic carbocycles. The molecule has 0 fully saturated rings. The Morgan fingerprint density at radius 1 is 1.18 bits per heavy atom. The molecule has 0 bridgehead atoms. The Balaban J connectivity index is 1.92. The van der Waals surface area contributed by atoms with Crippen LogP contribution < -0.4 is 5.32 Å². The van der Waals surface area contributed by atoms with Crippen LogP contribution >= 0.6 is 11.3 Å². The number of amides is 1. The minimum Gasteiger partial charge on any atom is -0.350 e. The predicted molar refractivity (Wildman–Crippen MR) is 88.3 cm³/mol. The highest BCUT2D eigenvalue weighted by Gasteiger charge is 2.17. The topological polar surface area (TPSA) is 66.5 Å². The molecule has 1 aromatic heterocycles. The number of benzene rings is 1. The average Bonchev–Trinajstić information content (AvgIpc) is 3.00. The third-order valence-corrected chi connectivity index (χ3v) is 5.18. The standard InChI is InChI=1S/C15H18N2O3S2/c1-22(19,20)17(12-13-6-3-2-4-7-13)10-9-16-15(18)14-8-5-11-21-14/h2-8,11H,9-10,12H2,1H3,(H,16,18). The molecule has 1 aromatic carbocycles. The minimum absolute atomic E-state index is 0.178. The Kier molecular flexibility index (Phi) is 5.70. The van der Waals surface area contributed by atoms with Gasteiger partial charge >= 0.3 is 0 Å². The van der Waals surface area contributed by atoms with Crippen molar-refractivity contribution in [2.24, 2.45) is 0 Å². The molecule has 2 rings (SSSR count). The summed E-state index contributed by atoms with van der Waals surface area (Å²) in [6.45, 7) is 0.816. The van der Waals surface area contributed by atoms with Crippen molar-refractivity contribution in [3.05, 3.63) is 58.3 Å². The molecule has 0 aliphatic heterocycles. The highest BCUT2D eigenvalue weighted by molar-refractivity contribution is 7.88. The number of carbonyl (C=O) groups excluding carboxylic acids is 1. The molecule has 0 atom stereocenters. The summed E-state index contributed by atoms with van der Waals surface area (Å²) in [6, 6.07) is 12.9. The molecule has 0 radical (unpaired) electrons. The monoisotopic (exact) mass is 338 g/mol. The Labute approximate surface area is 134 Å². The van der Waals surface area contributed by atoms with Crippen LogP contribution in [-0.4, -0.2) is 38.0 Å². The number of hydrogen-bond acceptors (Lipinski definition) is 4. The van der Waals surface area contributed by atoms with E-state index in [1.807, 2.05) is 35.7 Å². The number of sulfonamides is 1. The summed E-state index contributed by atoms with van der Waals surface area (Å²) in [5, 5.41) is 4.57. The van der Waals surface area contributed by atoms with Crippen molar-refractivity contribution in [3.63, 3.8) is 0 Å². The Morgan fingerprint density at radius 3 is 2.50 bits per heavy atom. The Hall–Kier alpha value is -1.70. The summed E-state index contributed by atoms with van der Waals surface area (Å²) < 4.78 is 25.1. The van der Waals surface area contributed by atoms with Gasteiger partial charge in [0.2, 0.25) is 10.0 Å². The fraction of sp³-hybridized carbons (Fsp3) is 0.267. The molecule has 0 spiro atoms. The lowest BCUT2D eigenvalue weighted by Crippen LogP contribution is -2.37. The number of hydrogen-bond donors (Lipinski definition) is 1. The average molecular weight is 338 g/mol. The lowest BCUT2D eigenvalue weighted by molar-refractivity contribution is 0.0955. The van der Waals surface area contributed by atoms with Crippen molar-refractivity contribution in [1.82, 2.24) is 9.62 Å². The van der Waals surface area contributed by atoms with Crippen LogP contribution in [0.3, 0.4) is 0 Å². The SMILES string of the molecule is CS(=O)(=O)N(CCNC(=O)c1cccs1)Cc1ccccc1. The molecular weight excluding hydrogens is 320 g/mol. The van der Waals surface area contributed by atoms with Crippen molar-refractivity contribution in [2.45, 2.75) is 6.54 Å². The van der Waals surface area contributed by atoms with Crippen molar-refractivity contribution < 1.29 is 13.2 Å². The van der Waals surface area contributed by atoms with Gasteiger partial charge in [-0.3, -0.25) is 4.79 Å². The predicted octanol–water partition coefficient (Wildman–Crippen LogP) is 1.94. The van der Waals surface area contributed by atoms with Crippen LogP contribution in [0.4, 0.5) is 0 Å². The van der Waals surface area contributed by atoms with E-state index >= 15 is 0 Å². The van der Waals surface area contributed by atoms with Crippen LogP contribution in [0.25, 0.3) is 0 Å². The smallest absolute Gasteiger partial charge is 0.261 e. The first-order chi connectivity index (χ1) is 10.5. The lowest BCUT2D eigenvalue weighted by atomic mass is 10.2. The van der Waals surface area contributed by atoms with Crippen LogP contribution in [0.15, 0.2) is 47.8 Å². The Morgan fingerprint density at radius 2 is 1.91 bits per heavy atom. The number of thiophene rings is 1. The summed E-state index contributed by atoms with van der Waals surface area (Å²) in [4.78, 5) is 12.4. The van der Waals surface area contributed by atoms with E-state index in [0.717, 1.165) is 5.56 Å². The van der Waals surface area contributed by atoms with Gasteiger partial charge in [0.05, 0.1) is 11.1 Å². The summed E-state index contributed by atoms with van der Waals surface area (Å²) in [6.07, 6.45) is 1.18. The third kappa shape index (κ3) is 4.94. The highest BCUT2D eigenvalue weighted by Crippen LogP contribution is 2.09. The van der Waals surface area contributed by atoms with E-state index in [1.165, 1.54) is 21.9 Å². The summed E-state index contributed by atoms with van der Waals surface area (Å²) in [7, 11) is -3.33. The van der Waals surface area contributed by atoms with Gasteiger partial charge in [0, 0.05) is 19.6 Å². The third-order valence-electron chi connectivity index (χ3n) is 3.06. The molecule has 0 unspecified atom stereocenters. The molecule has 0 saturated heterocycles. The zero-order chi connectivity index (χ0) is 16.0. The molecule has 0 aliphatic rings. The maximum absolute atomic E-state index is 11.9. The van der Waals surface area contributed by atoms with Gasteiger partial charge < -0.3 is 5.32 Å². The zero-order valence-electron chi connectivity index (χ0n) is 12.2. The van der Waals surface area contributed by atoms with Gasteiger partial charge in [-0.1, -0.05) is 36.4 Å². The van der Waals surface area contributed by atoms with Gasteiger partial charge in [0.25, 0.3) is 5.91 Å². The number of nitrogens with zero attached hydrogens (tertiary/aromatic N) is 1. The largest absolute Gasteiger partial charge is 0.350 e. The summed E-state index contributed by atoms with van der Waals surface area (Å²) in [5.74, 6) is -0.178. The fourth-order valence-electron chi connectivity index (χ4n) is 1.94. The lowest BCUT2D eigenvalue weighted by Gasteiger charge is -2.20. The Bertz CT molecular complexity index is 698. The maximum Gasteiger partial charge on any atom is 0.261 e. The normalized spacial score (nSPS) is 11.5. The number of nitrogens with one attached hydrogen (secondary N) is 1. The second kappa shape index (κ2) is 7.53. The number of carbonyl (C=O) groups is 1. The highest BCUT2D eigenvalue weighted by atomic mass is 32.2. The molecule has 1 amide bonds. The van der Waals surface area contributed by atoms with Crippen molar-refractivity contribution in [3.8, 4) is 0 Å². The second-order valence-corrected chi connectivity index (χ2v) is 7.75. The van der Waals surface area contributed by atoms with Crippen LogP contribution in [0.2, 0.25) is 0 Å². The number of rotatable bonds is 7. The van der Waals surface area contributed by atoms with Crippen LogP contribution in [0.5, 0.6) is 0 Å². The van der Waals surface area contributed by atoms with Crippen molar-refractivity contribution in [1.29, 1.82) is 0 Å². The van der Waals surface area contributed by atoms with Crippen LogP contribution in [0, 0.1) is 0 Å². The molecule has 0 saturated carbocycles. The van der Waals surface area contributed by atoms with Crippen LogP contribution in [-0.2, 0) is 16.6 Å². The van der Waals surface area contributed by atoms with E-state index in [4.69, 9.17) is 0 Å². The molecule has 7 heteroatoms. The molecule has 1 N–H and O–H groups in total. The van der Waals surface area contributed by atoms with Gasteiger partial charge in [-0.15, -0.1) is 11.3 Å². The van der Waals surface area contributed by atoms with Gasteiger partial charge in [0.15, 0.2) is 0 Å². The molecule has 22 heavy (non-hydrogen) atoms. The van der Waals surface area contributed by atoms with E-state index < -0.39 is 10.0 Å². The van der Waals surface area contributed by atoms with Crippen molar-refractivity contribution >= 4 is 27.3 Å². The van der Waals surface area contributed by atoms with Gasteiger partial charge in [-0.25, -0.2) is 8.42 Å². The summed E-state index contributed by atoms with van der Waals surface area (Å²) in [5.41, 5.74) is 0.914. The summed E-state index contributed by atoms with van der Waals surface area (Å²) >= 11 is 1.35. The van der Waals surface area contributed by atoms with Crippen LogP contribution in [0.1, 0.15) is 15.2 Å². The fourth-order valence-corrected chi connectivity index (χ4v) is 3.38. The van der Waals surface area contributed by atoms with E-state index in [0.29, 0.717) is 11.4 Å². The van der Waals surface area contributed by atoms with E-state index in [2.05, 4.69) is 5.32 Å². The first kappa shape index (κ1) is 16.7. The molecule has 1 heterocycles. The molecule has 118 valence electrons. The zero-order valence-corrected chi connectivity index (χ0v) is 13.9. The second-order valence-electron chi connectivity index (χ2n) is 4.82.